The van der Waals surface area contributed by atoms with E-state index in [0.29, 0.717) is 6.54 Å². The van der Waals surface area contributed by atoms with Gasteiger partial charge >= 0.3 is 6.18 Å². The lowest BCUT2D eigenvalue weighted by molar-refractivity contribution is -0.172. The maximum atomic E-state index is 11.8. The van der Waals surface area contributed by atoms with E-state index < -0.39 is 12.8 Å². The average Bonchev–Trinajstić information content (AvgIpc) is 2.36. The molecule has 1 rings (SSSR count). The zero-order chi connectivity index (χ0) is 14.1. The van der Waals surface area contributed by atoms with Gasteiger partial charge in [0.2, 0.25) is 0 Å². The molecule has 0 spiro atoms. The standard InChI is InChI=1S/C14H20F3NO/c1-2-3-4-12-5-7-13(8-6-12)18-9-10-19-11-14(15,16)17/h5-8,18H,2-4,9-11H2,1H3. The van der Waals surface area contributed by atoms with Crippen LogP contribution in [-0.2, 0) is 11.2 Å². The monoisotopic (exact) mass is 275 g/mol. The molecule has 0 saturated carbocycles. The fourth-order valence-electron chi connectivity index (χ4n) is 1.63. The Hall–Kier alpha value is -1.23. The molecule has 0 fully saturated rings. The second-order valence-electron chi connectivity index (χ2n) is 4.40. The smallest absolute Gasteiger partial charge is 0.383 e. The Labute approximate surface area is 112 Å². The van der Waals surface area contributed by atoms with E-state index in [0.717, 1.165) is 24.9 Å². The number of halogens is 3. The summed E-state index contributed by atoms with van der Waals surface area (Å²) in [4.78, 5) is 0. The average molecular weight is 275 g/mol. The number of hydrogen-bond donors (Lipinski definition) is 1. The molecule has 1 N–H and O–H groups in total. The maximum Gasteiger partial charge on any atom is 0.411 e. The fourth-order valence-corrected chi connectivity index (χ4v) is 1.63. The van der Waals surface area contributed by atoms with Crippen LogP contribution < -0.4 is 5.32 Å². The summed E-state index contributed by atoms with van der Waals surface area (Å²) < 4.78 is 39.9. The summed E-state index contributed by atoms with van der Waals surface area (Å²) in [6, 6.07) is 7.95. The van der Waals surface area contributed by atoms with Crippen LogP contribution in [0.15, 0.2) is 24.3 Å². The summed E-state index contributed by atoms with van der Waals surface area (Å²) in [7, 11) is 0. The predicted molar refractivity (Wildman–Crippen MR) is 70.4 cm³/mol. The highest BCUT2D eigenvalue weighted by Gasteiger charge is 2.27. The number of anilines is 1. The number of alkyl halides is 3. The predicted octanol–water partition coefficient (Wildman–Crippen LogP) is 4.02. The lowest BCUT2D eigenvalue weighted by atomic mass is 10.1. The molecule has 0 aromatic heterocycles. The van der Waals surface area contributed by atoms with Gasteiger partial charge in [0.1, 0.15) is 6.61 Å². The van der Waals surface area contributed by atoms with Gasteiger partial charge in [-0.05, 0) is 30.5 Å². The van der Waals surface area contributed by atoms with Crippen LogP contribution in [0.25, 0.3) is 0 Å². The van der Waals surface area contributed by atoms with Crippen molar-refractivity contribution in [3.63, 3.8) is 0 Å². The van der Waals surface area contributed by atoms with E-state index in [1.165, 1.54) is 5.56 Å². The van der Waals surface area contributed by atoms with Crippen LogP contribution >= 0.6 is 0 Å². The van der Waals surface area contributed by atoms with Crippen LogP contribution in [0.5, 0.6) is 0 Å². The van der Waals surface area contributed by atoms with Gasteiger partial charge in [-0.15, -0.1) is 0 Å². The largest absolute Gasteiger partial charge is 0.411 e. The molecule has 0 bridgehead atoms. The molecule has 0 radical (unpaired) electrons. The highest BCUT2D eigenvalue weighted by molar-refractivity contribution is 5.44. The van der Waals surface area contributed by atoms with Gasteiger partial charge in [-0.25, -0.2) is 0 Å². The second kappa shape index (κ2) is 8.04. The van der Waals surface area contributed by atoms with E-state index >= 15 is 0 Å². The van der Waals surface area contributed by atoms with E-state index in [1.54, 1.807) is 0 Å². The lowest BCUT2D eigenvalue weighted by Crippen LogP contribution is -2.20. The minimum Gasteiger partial charge on any atom is -0.383 e. The number of aryl methyl sites for hydroxylation is 1. The fraction of sp³-hybridized carbons (Fsp3) is 0.571. The molecule has 1 aromatic carbocycles. The lowest BCUT2D eigenvalue weighted by Gasteiger charge is -2.09. The normalized spacial score (nSPS) is 11.6. The molecule has 0 saturated heterocycles. The van der Waals surface area contributed by atoms with Crippen molar-refractivity contribution in [2.45, 2.75) is 32.4 Å². The van der Waals surface area contributed by atoms with E-state index in [1.807, 2.05) is 24.3 Å². The van der Waals surface area contributed by atoms with Crippen LogP contribution in [-0.4, -0.2) is 25.9 Å². The Morgan fingerprint density at radius 2 is 1.84 bits per heavy atom. The Bertz CT molecular complexity index is 349. The molecule has 0 atom stereocenters. The van der Waals surface area contributed by atoms with Crippen LogP contribution in [0.2, 0.25) is 0 Å². The van der Waals surface area contributed by atoms with Crippen LogP contribution in [0.4, 0.5) is 18.9 Å². The van der Waals surface area contributed by atoms with E-state index in [-0.39, 0.29) is 6.61 Å². The summed E-state index contributed by atoms with van der Waals surface area (Å²) in [5.74, 6) is 0. The third kappa shape index (κ3) is 7.72. The topological polar surface area (TPSA) is 21.3 Å². The van der Waals surface area contributed by atoms with Crippen molar-refractivity contribution in [1.29, 1.82) is 0 Å². The van der Waals surface area contributed by atoms with Crippen molar-refractivity contribution in [1.82, 2.24) is 0 Å². The molecule has 0 unspecified atom stereocenters. The van der Waals surface area contributed by atoms with Gasteiger partial charge in [0.05, 0.1) is 6.61 Å². The van der Waals surface area contributed by atoms with Crippen molar-refractivity contribution in [3.8, 4) is 0 Å². The van der Waals surface area contributed by atoms with Gasteiger partial charge in [-0.2, -0.15) is 13.2 Å². The van der Waals surface area contributed by atoms with Gasteiger partial charge in [-0.1, -0.05) is 25.5 Å². The molecule has 5 heteroatoms. The third-order valence-electron chi connectivity index (χ3n) is 2.61. The molecule has 19 heavy (non-hydrogen) atoms. The second-order valence-corrected chi connectivity index (χ2v) is 4.40. The van der Waals surface area contributed by atoms with Crippen LogP contribution in [0, 0.1) is 0 Å². The minimum atomic E-state index is -4.25. The first-order chi connectivity index (χ1) is 9.01. The SMILES string of the molecule is CCCCc1ccc(NCCOCC(F)(F)F)cc1. The van der Waals surface area contributed by atoms with E-state index in [9.17, 15) is 13.2 Å². The first-order valence-corrected chi connectivity index (χ1v) is 6.48. The highest BCUT2D eigenvalue weighted by Crippen LogP contribution is 2.14. The number of hydrogen-bond acceptors (Lipinski definition) is 2. The van der Waals surface area contributed by atoms with Gasteiger partial charge in [0.25, 0.3) is 0 Å². The molecular formula is C14H20F3NO. The highest BCUT2D eigenvalue weighted by atomic mass is 19.4. The summed E-state index contributed by atoms with van der Waals surface area (Å²) in [6.45, 7) is 1.36. The number of nitrogens with one attached hydrogen (secondary N) is 1. The molecule has 0 aliphatic heterocycles. The van der Waals surface area contributed by atoms with Gasteiger partial charge in [0.15, 0.2) is 0 Å². The van der Waals surface area contributed by atoms with Gasteiger partial charge < -0.3 is 10.1 Å². The number of rotatable bonds is 8. The maximum absolute atomic E-state index is 11.8. The molecular weight excluding hydrogens is 255 g/mol. The number of unbranched alkanes of at least 4 members (excludes halogenated alkanes) is 1. The van der Waals surface area contributed by atoms with Gasteiger partial charge in [0, 0.05) is 12.2 Å². The third-order valence-corrected chi connectivity index (χ3v) is 2.61. The van der Waals surface area contributed by atoms with Crippen molar-refractivity contribution >= 4 is 5.69 Å². The Morgan fingerprint density at radius 1 is 1.16 bits per heavy atom. The molecule has 0 aliphatic carbocycles. The van der Waals surface area contributed by atoms with Crippen LogP contribution in [0.3, 0.4) is 0 Å². The quantitative estimate of drug-likeness (QED) is 0.723. The van der Waals surface area contributed by atoms with E-state index in [4.69, 9.17) is 0 Å². The first kappa shape index (κ1) is 15.8. The first-order valence-electron chi connectivity index (χ1n) is 6.48. The summed E-state index contributed by atoms with van der Waals surface area (Å²) in [5.41, 5.74) is 2.18. The molecule has 1 aromatic rings. The van der Waals surface area contributed by atoms with Crippen molar-refractivity contribution in [2.24, 2.45) is 0 Å². The zero-order valence-corrected chi connectivity index (χ0v) is 11.1. The Balaban J connectivity index is 2.19. The minimum absolute atomic E-state index is 0.0388. The van der Waals surface area contributed by atoms with E-state index in [2.05, 4.69) is 17.0 Å². The number of ether oxygens (including phenoxy) is 1. The summed E-state index contributed by atoms with van der Waals surface area (Å²) in [5, 5.41) is 3.02. The molecule has 108 valence electrons. The summed E-state index contributed by atoms with van der Waals surface area (Å²) >= 11 is 0. The number of benzene rings is 1. The van der Waals surface area contributed by atoms with Crippen molar-refractivity contribution in [2.75, 3.05) is 25.1 Å². The molecule has 0 heterocycles. The summed E-state index contributed by atoms with van der Waals surface area (Å²) in [6.07, 6.45) is -0.860. The van der Waals surface area contributed by atoms with Crippen LogP contribution in [0.1, 0.15) is 25.3 Å². The Morgan fingerprint density at radius 3 is 2.42 bits per heavy atom. The Kier molecular flexibility index (Phi) is 6.70. The molecule has 0 amide bonds. The van der Waals surface area contributed by atoms with Crippen molar-refractivity contribution in [3.05, 3.63) is 29.8 Å². The molecule has 0 aliphatic rings. The van der Waals surface area contributed by atoms with Gasteiger partial charge in [-0.3, -0.25) is 0 Å². The zero-order valence-electron chi connectivity index (χ0n) is 11.1. The van der Waals surface area contributed by atoms with Crippen molar-refractivity contribution < 1.29 is 17.9 Å². The molecule has 2 nitrogen and oxygen atoms in total.